The third-order valence-electron chi connectivity index (χ3n) is 2.47. The quantitative estimate of drug-likeness (QED) is 0.606. The molecule has 0 aromatic rings. The average Bonchev–Trinajstić information content (AvgIpc) is 1.94. The SMILES string of the molecule is NCCC1CC/C=C/CCC1. The molecule has 0 aliphatic heterocycles. The van der Waals surface area contributed by atoms with E-state index in [0.29, 0.717) is 0 Å². The van der Waals surface area contributed by atoms with Gasteiger partial charge in [0.1, 0.15) is 0 Å². The lowest BCUT2D eigenvalue weighted by atomic mass is 9.91. The molecule has 0 aromatic carbocycles. The van der Waals surface area contributed by atoms with Gasteiger partial charge < -0.3 is 5.73 Å². The molecule has 11 heavy (non-hydrogen) atoms. The summed E-state index contributed by atoms with van der Waals surface area (Å²) in [5, 5.41) is 0. The summed E-state index contributed by atoms with van der Waals surface area (Å²) in [7, 11) is 0. The summed E-state index contributed by atoms with van der Waals surface area (Å²) in [6.07, 6.45) is 12.5. The Labute approximate surface area is 69.7 Å². The highest BCUT2D eigenvalue weighted by Gasteiger charge is 2.07. The Kier molecular flexibility index (Phi) is 4.29. The van der Waals surface area contributed by atoms with Crippen LogP contribution in [0.5, 0.6) is 0 Å². The summed E-state index contributed by atoms with van der Waals surface area (Å²) in [6.45, 7) is 0.869. The summed E-state index contributed by atoms with van der Waals surface area (Å²) in [5.74, 6) is 0.907. The lowest BCUT2D eigenvalue weighted by molar-refractivity contribution is 0.412. The van der Waals surface area contributed by atoms with Crippen LogP contribution in [0, 0.1) is 5.92 Å². The van der Waals surface area contributed by atoms with E-state index in [9.17, 15) is 0 Å². The highest BCUT2D eigenvalue weighted by atomic mass is 14.5. The largest absolute Gasteiger partial charge is 0.330 e. The van der Waals surface area contributed by atoms with Gasteiger partial charge in [-0.15, -0.1) is 0 Å². The molecule has 0 spiro atoms. The van der Waals surface area contributed by atoms with Crippen molar-refractivity contribution >= 4 is 0 Å². The van der Waals surface area contributed by atoms with Gasteiger partial charge in [0.15, 0.2) is 0 Å². The zero-order valence-corrected chi connectivity index (χ0v) is 7.26. The predicted molar refractivity (Wildman–Crippen MR) is 49.4 cm³/mol. The Morgan fingerprint density at radius 2 is 2.00 bits per heavy atom. The van der Waals surface area contributed by atoms with Crippen molar-refractivity contribution < 1.29 is 0 Å². The van der Waals surface area contributed by atoms with Gasteiger partial charge in [0.2, 0.25) is 0 Å². The van der Waals surface area contributed by atoms with Crippen LogP contribution >= 0.6 is 0 Å². The Hall–Kier alpha value is -0.300. The van der Waals surface area contributed by atoms with E-state index in [4.69, 9.17) is 5.73 Å². The maximum Gasteiger partial charge on any atom is -0.00746 e. The highest BCUT2D eigenvalue weighted by Crippen LogP contribution is 2.20. The van der Waals surface area contributed by atoms with Gasteiger partial charge in [0.05, 0.1) is 0 Å². The van der Waals surface area contributed by atoms with Crippen molar-refractivity contribution in [2.45, 2.75) is 38.5 Å². The minimum absolute atomic E-state index is 0.869. The van der Waals surface area contributed by atoms with E-state index in [-0.39, 0.29) is 0 Å². The van der Waals surface area contributed by atoms with Gasteiger partial charge in [0.25, 0.3) is 0 Å². The van der Waals surface area contributed by atoms with E-state index in [1.54, 1.807) is 0 Å². The molecule has 0 heterocycles. The molecule has 0 saturated heterocycles. The van der Waals surface area contributed by atoms with E-state index in [1.807, 2.05) is 0 Å². The fraction of sp³-hybridized carbons (Fsp3) is 0.800. The highest BCUT2D eigenvalue weighted by molar-refractivity contribution is 4.84. The first-order chi connectivity index (χ1) is 5.43. The molecule has 1 aliphatic rings. The van der Waals surface area contributed by atoms with Gasteiger partial charge in [0, 0.05) is 0 Å². The number of rotatable bonds is 2. The van der Waals surface area contributed by atoms with Crippen LogP contribution in [0.15, 0.2) is 12.2 Å². The lowest BCUT2D eigenvalue weighted by Crippen LogP contribution is -2.09. The first kappa shape index (κ1) is 8.79. The van der Waals surface area contributed by atoms with Crippen molar-refractivity contribution in [1.29, 1.82) is 0 Å². The third kappa shape index (κ3) is 3.57. The number of nitrogens with two attached hydrogens (primary N) is 1. The average molecular weight is 153 g/mol. The maximum atomic E-state index is 5.53. The van der Waals surface area contributed by atoms with Crippen LogP contribution in [0.4, 0.5) is 0 Å². The zero-order chi connectivity index (χ0) is 7.94. The molecule has 1 nitrogen and oxygen atoms in total. The minimum Gasteiger partial charge on any atom is -0.330 e. The van der Waals surface area contributed by atoms with Crippen LogP contribution in [0.1, 0.15) is 38.5 Å². The second kappa shape index (κ2) is 5.36. The number of hydrogen-bond donors (Lipinski definition) is 1. The molecule has 64 valence electrons. The topological polar surface area (TPSA) is 26.0 Å². The molecule has 2 N–H and O–H groups in total. The lowest BCUT2D eigenvalue weighted by Gasteiger charge is -2.15. The normalized spacial score (nSPS) is 29.0. The van der Waals surface area contributed by atoms with Crippen LogP contribution in [-0.4, -0.2) is 6.54 Å². The van der Waals surface area contributed by atoms with Crippen molar-refractivity contribution in [2.24, 2.45) is 11.7 Å². The molecule has 1 aliphatic carbocycles. The Morgan fingerprint density at radius 3 is 2.82 bits per heavy atom. The molecule has 0 aromatic heterocycles. The zero-order valence-electron chi connectivity index (χ0n) is 7.26. The third-order valence-corrected chi connectivity index (χ3v) is 2.47. The van der Waals surface area contributed by atoms with Gasteiger partial charge in [-0.2, -0.15) is 0 Å². The van der Waals surface area contributed by atoms with Gasteiger partial charge in [-0.05, 0) is 44.6 Å². The van der Waals surface area contributed by atoms with E-state index < -0.39 is 0 Å². The molecule has 1 atom stereocenters. The van der Waals surface area contributed by atoms with Crippen LogP contribution in [0.3, 0.4) is 0 Å². The molecule has 1 rings (SSSR count). The first-order valence-corrected chi connectivity index (χ1v) is 4.78. The fourth-order valence-corrected chi connectivity index (χ4v) is 1.76. The predicted octanol–water partition coefficient (Wildman–Crippen LogP) is 2.47. The van der Waals surface area contributed by atoms with Gasteiger partial charge in [-0.3, -0.25) is 0 Å². The first-order valence-electron chi connectivity index (χ1n) is 4.78. The monoisotopic (exact) mass is 153 g/mol. The number of allylic oxidation sites excluding steroid dienone is 2. The van der Waals surface area contributed by atoms with Crippen molar-refractivity contribution in [1.82, 2.24) is 0 Å². The van der Waals surface area contributed by atoms with E-state index in [1.165, 1.54) is 38.5 Å². The van der Waals surface area contributed by atoms with Crippen LogP contribution in [0.25, 0.3) is 0 Å². The summed E-state index contributed by atoms with van der Waals surface area (Å²) >= 11 is 0. The van der Waals surface area contributed by atoms with E-state index >= 15 is 0 Å². The number of hydrogen-bond acceptors (Lipinski definition) is 1. The summed E-state index contributed by atoms with van der Waals surface area (Å²) < 4.78 is 0. The molecule has 0 radical (unpaired) electrons. The fourth-order valence-electron chi connectivity index (χ4n) is 1.76. The summed E-state index contributed by atoms with van der Waals surface area (Å²) in [5.41, 5.74) is 5.53. The second-order valence-corrected chi connectivity index (χ2v) is 3.42. The van der Waals surface area contributed by atoms with Crippen molar-refractivity contribution in [3.63, 3.8) is 0 Å². The molecule has 1 heteroatoms. The second-order valence-electron chi connectivity index (χ2n) is 3.42. The Morgan fingerprint density at radius 1 is 1.18 bits per heavy atom. The molecule has 0 amide bonds. The van der Waals surface area contributed by atoms with Crippen molar-refractivity contribution in [3.05, 3.63) is 12.2 Å². The van der Waals surface area contributed by atoms with Crippen LogP contribution < -0.4 is 5.73 Å². The standard InChI is InChI=1S/C10H19N/c11-9-8-10-6-4-2-1-3-5-7-10/h1-2,10H,3-9,11H2/b2-1+. The molecule has 0 bridgehead atoms. The van der Waals surface area contributed by atoms with Crippen LogP contribution in [-0.2, 0) is 0 Å². The Bertz CT molecular complexity index is 118. The van der Waals surface area contributed by atoms with Crippen LogP contribution in [0.2, 0.25) is 0 Å². The minimum atomic E-state index is 0.869. The molecule has 0 fully saturated rings. The van der Waals surface area contributed by atoms with Crippen molar-refractivity contribution in [2.75, 3.05) is 6.54 Å². The smallest absolute Gasteiger partial charge is 0.00746 e. The maximum absolute atomic E-state index is 5.53. The van der Waals surface area contributed by atoms with Gasteiger partial charge >= 0.3 is 0 Å². The summed E-state index contributed by atoms with van der Waals surface area (Å²) in [6, 6.07) is 0. The summed E-state index contributed by atoms with van der Waals surface area (Å²) in [4.78, 5) is 0. The molecular formula is C10H19N. The van der Waals surface area contributed by atoms with Gasteiger partial charge in [-0.25, -0.2) is 0 Å². The molecule has 1 unspecified atom stereocenters. The van der Waals surface area contributed by atoms with Gasteiger partial charge in [-0.1, -0.05) is 18.6 Å². The van der Waals surface area contributed by atoms with Crippen molar-refractivity contribution in [3.8, 4) is 0 Å². The Balaban J connectivity index is 2.24. The van der Waals surface area contributed by atoms with E-state index in [0.717, 1.165) is 12.5 Å². The van der Waals surface area contributed by atoms with E-state index in [2.05, 4.69) is 12.2 Å². The molecular weight excluding hydrogens is 134 g/mol. The molecule has 0 saturated carbocycles.